The minimum absolute atomic E-state index is 0.155. The Kier molecular flexibility index (Phi) is 3.56. The molecule has 0 aliphatic heterocycles. The Bertz CT molecular complexity index is 680. The number of aromatic nitrogens is 3. The van der Waals surface area contributed by atoms with Crippen LogP contribution in [-0.4, -0.2) is 23.0 Å². The maximum atomic E-state index is 11.4. The number of halogens is 1. The van der Waals surface area contributed by atoms with Gasteiger partial charge in [-0.05, 0) is 25.0 Å². The van der Waals surface area contributed by atoms with Crippen molar-refractivity contribution < 1.29 is 8.42 Å². The first-order chi connectivity index (χ1) is 8.43. The Balaban J connectivity index is 2.60. The largest absolute Gasteiger partial charge is 0.258 e. The predicted octanol–water partition coefficient (Wildman–Crippen LogP) is 1.37. The lowest BCUT2D eigenvalue weighted by Gasteiger charge is -2.02. The van der Waals surface area contributed by atoms with Crippen LogP contribution in [-0.2, 0) is 16.4 Å². The third-order valence-corrected chi connectivity index (χ3v) is 3.79. The molecule has 0 unspecified atom stereocenters. The number of fused-ring (bicyclic) bond motifs is 1. The van der Waals surface area contributed by atoms with Gasteiger partial charge in [0.15, 0.2) is 10.8 Å². The van der Waals surface area contributed by atoms with Crippen LogP contribution in [0, 0.1) is 0 Å². The average molecular weight is 289 g/mol. The number of nitrogens with two attached hydrogens (primary N) is 1. The van der Waals surface area contributed by atoms with Crippen molar-refractivity contribution in [2.45, 2.75) is 31.2 Å². The Labute approximate surface area is 110 Å². The zero-order valence-corrected chi connectivity index (χ0v) is 11.4. The van der Waals surface area contributed by atoms with Gasteiger partial charge in [-0.2, -0.15) is 9.61 Å². The molecule has 0 atom stereocenters. The summed E-state index contributed by atoms with van der Waals surface area (Å²) in [4.78, 5) is 3.91. The molecule has 0 amide bonds. The summed E-state index contributed by atoms with van der Waals surface area (Å²) in [6.07, 6.45) is 2.78. The number of hydrogen-bond donors (Lipinski definition) is 1. The van der Waals surface area contributed by atoms with Crippen LogP contribution in [0.1, 0.15) is 25.5 Å². The maximum absolute atomic E-state index is 11.4. The second kappa shape index (κ2) is 4.83. The van der Waals surface area contributed by atoms with Gasteiger partial charge in [-0.15, -0.1) is 0 Å². The van der Waals surface area contributed by atoms with E-state index in [4.69, 9.17) is 16.7 Å². The number of rotatable bonds is 4. The van der Waals surface area contributed by atoms with E-state index >= 15 is 0 Å². The van der Waals surface area contributed by atoms with Crippen molar-refractivity contribution >= 4 is 27.3 Å². The molecule has 98 valence electrons. The smallest absolute Gasteiger partial charge is 0.223 e. The Morgan fingerprint density at radius 1 is 1.44 bits per heavy atom. The molecule has 0 aliphatic carbocycles. The Hall–Kier alpha value is -1.18. The summed E-state index contributed by atoms with van der Waals surface area (Å²) in [5.41, 5.74) is 1.15. The molecule has 0 saturated carbocycles. The zero-order valence-electron chi connectivity index (χ0n) is 9.80. The molecular weight excluding hydrogens is 276 g/mol. The number of imidazole rings is 1. The van der Waals surface area contributed by atoms with Crippen LogP contribution < -0.4 is 5.14 Å². The summed E-state index contributed by atoms with van der Waals surface area (Å²) in [6, 6.07) is 3.49. The highest BCUT2D eigenvalue weighted by atomic mass is 35.5. The van der Waals surface area contributed by atoms with Crippen molar-refractivity contribution in [1.82, 2.24) is 14.6 Å². The summed E-state index contributed by atoms with van der Waals surface area (Å²) in [5, 5.41) is 8.89. The zero-order chi connectivity index (χ0) is 13.3. The van der Waals surface area contributed by atoms with Gasteiger partial charge in [0.1, 0.15) is 0 Å². The van der Waals surface area contributed by atoms with Gasteiger partial charge in [0.05, 0.1) is 5.69 Å². The minimum atomic E-state index is -3.95. The van der Waals surface area contributed by atoms with Crippen LogP contribution in [0.3, 0.4) is 0 Å². The number of sulfonamides is 1. The molecule has 2 aromatic rings. The van der Waals surface area contributed by atoms with Gasteiger partial charge >= 0.3 is 0 Å². The van der Waals surface area contributed by atoms with Crippen molar-refractivity contribution in [2.24, 2.45) is 5.14 Å². The van der Waals surface area contributed by atoms with Gasteiger partial charge in [-0.3, -0.25) is 0 Å². The molecule has 8 heteroatoms. The van der Waals surface area contributed by atoms with Crippen LogP contribution in [0.2, 0.25) is 5.15 Å². The Morgan fingerprint density at radius 2 is 2.17 bits per heavy atom. The Morgan fingerprint density at radius 3 is 2.78 bits per heavy atom. The summed E-state index contributed by atoms with van der Waals surface area (Å²) < 4.78 is 24.1. The van der Waals surface area contributed by atoms with Gasteiger partial charge in [0.2, 0.25) is 5.03 Å². The molecular formula is C10H13ClN4O2S. The van der Waals surface area contributed by atoms with E-state index < -0.39 is 10.0 Å². The fourth-order valence-electron chi connectivity index (χ4n) is 1.65. The molecule has 0 spiro atoms. The second-order valence-corrected chi connectivity index (χ2v) is 5.79. The fraction of sp³-hybridized carbons (Fsp3) is 0.400. The van der Waals surface area contributed by atoms with E-state index in [2.05, 4.69) is 17.0 Å². The van der Waals surface area contributed by atoms with Gasteiger partial charge < -0.3 is 0 Å². The van der Waals surface area contributed by atoms with Gasteiger partial charge in [0.25, 0.3) is 10.0 Å². The SMILES string of the molecule is CCCCc1ccc2nc(Cl)c(S(N)(=O)=O)n2n1. The average Bonchev–Trinajstić information content (AvgIpc) is 2.60. The summed E-state index contributed by atoms with van der Waals surface area (Å²) in [5.74, 6) is 0. The van der Waals surface area contributed by atoms with Crippen LogP contribution in [0.4, 0.5) is 0 Å². The molecule has 18 heavy (non-hydrogen) atoms. The van der Waals surface area contributed by atoms with E-state index in [0.29, 0.717) is 5.65 Å². The first-order valence-electron chi connectivity index (χ1n) is 5.50. The first-order valence-corrected chi connectivity index (χ1v) is 7.43. The molecule has 0 fully saturated rings. The van der Waals surface area contributed by atoms with Crippen molar-refractivity contribution in [3.05, 3.63) is 23.0 Å². The molecule has 2 heterocycles. The maximum Gasteiger partial charge on any atom is 0.258 e. The third kappa shape index (κ3) is 2.47. The lowest BCUT2D eigenvalue weighted by molar-refractivity contribution is 0.589. The molecule has 6 nitrogen and oxygen atoms in total. The highest BCUT2D eigenvalue weighted by Crippen LogP contribution is 2.20. The van der Waals surface area contributed by atoms with Gasteiger partial charge in [0, 0.05) is 0 Å². The summed E-state index contributed by atoms with van der Waals surface area (Å²) in [7, 11) is -3.95. The van der Waals surface area contributed by atoms with E-state index in [-0.39, 0.29) is 10.2 Å². The lowest BCUT2D eigenvalue weighted by atomic mass is 10.2. The standard InChI is InChI=1S/C10H13ClN4O2S/c1-2-3-4-7-5-6-8-13-9(11)10(15(8)14-7)18(12,16)17/h5-6H,2-4H2,1H3,(H2,12,16,17). The number of unbranched alkanes of at least 4 members (excludes halogenated alkanes) is 1. The van der Waals surface area contributed by atoms with Crippen LogP contribution in [0.5, 0.6) is 0 Å². The fourth-order valence-corrected chi connectivity index (χ4v) is 2.80. The number of nitrogens with zero attached hydrogens (tertiary/aromatic N) is 3. The van der Waals surface area contributed by atoms with Crippen LogP contribution in [0.15, 0.2) is 17.2 Å². The van der Waals surface area contributed by atoms with E-state index in [1.165, 1.54) is 4.52 Å². The van der Waals surface area contributed by atoms with E-state index in [1.807, 2.05) is 0 Å². The predicted molar refractivity (Wildman–Crippen MR) is 68.0 cm³/mol. The van der Waals surface area contributed by atoms with Crippen molar-refractivity contribution in [3.8, 4) is 0 Å². The normalized spacial score (nSPS) is 12.2. The van der Waals surface area contributed by atoms with E-state index in [0.717, 1.165) is 25.0 Å². The number of hydrogen-bond acceptors (Lipinski definition) is 4. The molecule has 0 aliphatic rings. The van der Waals surface area contributed by atoms with Gasteiger partial charge in [-0.1, -0.05) is 24.9 Å². The topological polar surface area (TPSA) is 90.3 Å². The minimum Gasteiger partial charge on any atom is -0.223 e. The molecule has 2 N–H and O–H groups in total. The quantitative estimate of drug-likeness (QED) is 0.920. The lowest BCUT2D eigenvalue weighted by Crippen LogP contribution is -2.16. The molecule has 2 rings (SSSR count). The van der Waals surface area contributed by atoms with Crippen molar-refractivity contribution in [2.75, 3.05) is 0 Å². The monoisotopic (exact) mass is 288 g/mol. The third-order valence-electron chi connectivity index (χ3n) is 2.51. The van der Waals surface area contributed by atoms with Crippen molar-refractivity contribution in [1.29, 1.82) is 0 Å². The first kappa shape index (κ1) is 13.3. The molecule has 2 aromatic heterocycles. The molecule has 0 radical (unpaired) electrons. The molecule has 0 aromatic carbocycles. The van der Waals surface area contributed by atoms with Crippen LogP contribution in [0.25, 0.3) is 5.65 Å². The second-order valence-electron chi connectivity index (χ2n) is 3.95. The van der Waals surface area contributed by atoms with E-state index in [9.17, 15) is 8.42 Å². The van der Waals surface area contributed by atoms with E-state index in [1.54, 1.807) is 12.1 Å². The number of aryl methyl sites for hydroxylation is 1. The highest BCUT2D eigenvalue weighted by molar-refractivity contribution is 7.89. The molecule has 0 bridgehead atoms. The molecule has 0 saturated heterocycles. The summed E-state index contributed by atoms with van der Waals surface area (Å²) >= 11 is 5.78. The van der Waals surface area contributed by atoms with Gasteiger partial charge in [-0.25, -0.2) is 18.5 Å². The summed E-state index contributed by atoms with van der Waals surface area (Å²) in [6.45, 7) is 2.07. The van der Waals surface area contributed by atoms with Crippen molar-refractivity contribution in [3.63, 3.8) is 0 Å². The number of primary sulfonamides is 1. The van der Waals surface area contributed by atoms with Crippen LogP contribution >= 0.6 is 11.6 Å². The highest BCUT2D eigenvalue weighted by Gasteiger charge is 2.21.